The van der Waals surface area contributed by atoms with Gasteiger partial charge in [-0.2, -0.15) is 0 Å². The van der Waals surface area contributed by atoms with E-state index in [0.717, 1.165) is 5.56 Å². The Balaban J connectivity index is 1.93. The molecule has 1 amide bonds. The number of hydrogen-bond donors (Lipinski definition) is 0. The molecular formula is C21H21N3O4. The quantitative estimate of drug-likeness (QED) is 0.677. The van der Waals surface area contributed by atoms with E-state index in [1.807, 2.05) is 25.1 Å². The number of amides is 1. The molecule has 0 radical (unpaired) electrons. The fourth-order valence-electron chi connectivity index (χ4n) is 3.55. The molecule has 4 rings (SSSR count). The van der Waals surface area contributed by atoms with Gasteiger partial charge in [-0.15, -0.1) is 0 Å². The van der Waals surface area contributed by atoms with Crippen LogP contribution in [0.3, 0.4) is 0 Å². The summed E-state index contributed by atoms with van der Waals surface area (Å²) in [4.78, 5) is 34.3. The van der Waals surface area contributed by atoms with Crippen LogP contribution in [0.15, 0.2) is 51.9 Å². The van der Waals surface area contributed by atoms with Gasteiger partial charge in [-0.25, -0.2) is 0 Å². The number of likely N-dealkylation sites (N-methyl/N-ethyl adjacent to an activating group) is 1. The molecule has 2 aromatic heterocycles. The Bertz CT molecular complexity index is 1090. The number of benzene rings is 1. The van der Waals surface area contributed by atoms with Gasteiger partial charge >= 0.3 is 0 Å². The highest BCUT2D eigenvalue weighted by molar-refractivity contribution is 5.99. The number of ether oxygens (including phenoxy) is 1. The number of fused-ring (bicyclic) bond motifs is 2. The van der Waals surface area contributed by atoms with E-state index in [4.69, 9.17) is 9.15 Å². The van der Waals surface area contributed by atoms with Crippen molar-refractivity contribution in [2.45, 2.75) is 6.04 Å². The normalized spacial score (nSPS) is 16.1. The van der Waals surface area contributed by atoms with E-state index in [1.165, 1.54) is 0 Å². The van der Waals surface area contributed by atoms with Crippen LogP contribution in [0.1, 0.15) is 27.7 Å². The Kier molecular flexibility index (Phi) is 4.60. The van der Waals surface area contributed by atoms with Crippen molar-refractivity contribution in [3.63, 3.8) is 0 Å². The first-order valence-electron chi connectivity index (χ1n) is 9.01. The highest BCUT2D eigenvalue weighted by atomic mass is 16.5. The van der Waals surface area contributed by atoms with E-state index < -0.39 is 6.04 Å². The topological polar surface area (TPSA) is 75.9 Å². The zero-order chi connectivity index (χ0) is 19.8. The first kappa shape index (κ1) is 18.2. The van der Waals surface area contributed by atoms with Gasteiger partial charge in [0.2, 0.25) is 5.76 Å². The summed E-state index contributed by atoms with van der Waals surface area (Å²) in [7, 11) is 5.42. The summed E-state index contributed by atoms with van der Waals surface area (Å²) in [6, 6.07) is 8.18. The van der Waals surface area contributed by atoms with Gasteiger partial charge in [-0.3, -0.25) is 14.6 Å². The average molecular weight is 379 g/mol. The van der Waals surface area contributed by atoms with Crippen molar-refractivity contribution in [2.75, 3.05) is 34.3 Å². The second-order valence-corrected chi connectivity index (χ2v) is 7.03. The largest absolute Gasteiger partial charge is 0.497 e. The van der Waals surface area contributed by atoms with Crippen molar-refractivity contribution < 1.29 is 13.9 Å². The van der Waals surface area contributed by atoms with Crippen molar-refractivity contribution in [3.05, 3.63) is 69.8 Å². The van der Waals surface area contributed by atoms with Crippen LogP contribution in [0.25, 0.3) is 11.0 Å². The Morgan fingerprint density at radius 1 is 1.25 bits per heavy atom. The molecule has 0 fully saturated rings. The van der Waals surface area contributed by atoms with Gasteiger partial charge in [0.15, 0.2) is 5.43 Å². The minimum atomic E-state index is -0.515. The first-order valence-corrected chi connectivity index (χ1v) is 9.01. The molecule has 3 heterocycles. The standard InChI is InChI=1S/C21H21N3O4/c1-23(2)9-10-24-18(13-5-4-8-22-12-13)17-19(25)15-7-6-14(27-3)11-16(15)28-20(17)21(24)26/h4-8,11-12,18H,9-10H2,1-3H3. The van der Waals surface area contributed by atoms with Crippen LogP contribution in [-0.2, 0) is 0 Å². The minimum absolute atomic E-state index is 0.0957. The van der Waals surface area contributed by atoms with Crippen LogP contribution in [0.5, 0.6) is 5.75 Å². The second kappa shape index (κ2) is 7.09. The van der Waals surface area contributed by atoms with Gasteiger partial charge in [-0.05, 0) is 37.9 Å². The summed E-state index contributed by atoms with van der Waals surface area (Å²) in [6.07, 6.45) is 3.36. The maximum Gasteiger partial charge on any atom is 0.290 e. The molecule has 3 aromatic rings. The summed E-state index contributed by atoms with van der Waals surface area (Å²) in [5.74, 6) is 0.375. The molecule has 0 saturated heterocycles. The zero-order valence-corrected chi connectivity index (χ0v) is 16.0. The maximum atomic E-state index is 13.3. The van der Waals surface area contributed by atoms with Crippen LogP contribution < -0.4 is 10.2 Å². The van der Waals surface area contributed by atoms with Crippen molar-refractivity contribution in [1.82, 2.24) is 14.8 Å². The predicted octanol–water partition coefficient (Wildman–Crippen LogP) is 2.30. The van der Waals surface area contributed by atoms with Crippen LogP contribution in [0.2, 0.25) is 0 Å². The van der Waals surface area contributed by atoms with Gasteiger partial charge in [0.25, 0.3) is 5.91 Å². The van der Waals surface area contributed by atoms with Crippen LogP contribution >= 0.6 is 0 Å². The number of hydrogen-bond acceptors (Lipinski definition) is 6. The molecule has 1 aliphatic rings. The highest BCUT2D eigenvalue weighted by Gasteiger charge is 2.42. The Morgan fingerprint density at radius 3 is 2.75 bits per heavy atom. The third-order valence-electron chi connectivity index (χ3n) is 4.96. The SMILES string of the molecule is COc1ccc2c(=O)c3c(oc2c1)C(=O)N(CCN(C)C)C3c1cccnc1. The molecule has 7 nitrogen and oxygen atoms in total. The van der Waals surface area contributed by atoms with E-state index in [1.54, 1.807) is 48.7 Å². The fourth-order valence-corrected chi connectivity index (χ4v) is 3.55. The number of carbonyl (C=O) groups excluding carboxylic acids is 1. The number of carbonyl (C=O) groups is 1. The molecule has 1 unspecified atom stereocenters. The average Bonchev–Trinajstić information content (AvgIpc) is 2.99. The van der Waals surface area contributed by atoms with Crippen LogP contribution in [0.4, 0.5) is 0 Å². The van der Waals surface area contributed by atoms with E-state index >= 15 is 0 Å². The van der Waals surface area contributed by atoms with E-state index in [9.17, 15) is 9.59 Å². The van der Waals surface area contributed by atoms with Crippen molar-refractivity contribution >= 4 is 16.9 Å². The summed E-state index contributed by atoms with van der Waals surface area (Å²) in [5, 5.41) is 0.427. The number of aromatic nitrogens is 1. The van der Waals surface area contributed by atoms with Crippen molar-refractivity contribution in [2.24, 2.45) is 0 Å². The van der Waals surface area contributed by atoms with Gasteiger partial charge in [0.1, 0.15) is 11.3 Å². The van der Waals surface area contributed by atoms with Gasteiger partial charge in [-0.1, -0.05) is 6.07 Å². The number of rotatable bonds is 5. The first-order chi connectivity index (χ1) is 13.5. The van der Waals surface area contributed by atoms with E-state index in [2.05, 4.69) is 4.98 Å². The summed E-state index contributed by atoms with van der Waals surface area (Å²) >= 11 is 0. The lowest BCUT2D eigenvalue weighted by atomic mass is 10.00. The third-order valence-corrected chi connectivity index (χ3v) is 4.96. The molecule has 0 spiro atoms. The molecular weight excluding hydrogens is 358 g/mol. The molecule has 1 atom stereocenters. The zero-order valence-electron chi connectivity index (χ0n) is 16.0. The molecule has 7 heteroatoms. The van der Waals surface area contributed by atoms with Crippen molar-refractivity contribution in [1.29, 1.82) is 0 Å². The van der Waals surface area contributed by atoms with E-state index in [0.29, 0.717) is 35.4 Å². The third kappa shape index (κ3) is 2.93. The fraction of sp³-hybridized carbons (Fsp3) is 0.286. The number of methoxy groups -OCH3 is 1. The molecule has 0 aliphatic carbocycles. The predicted molar refractivity (Wildman–Crippen MR) is 105 cm³/mol. The van der Waals surface area contributed by atoms with Crippen LogP contribution in [-0.4, -0.2) is 55.0 Å². The lowest BCUT2D eigenvalue weighted by Gasteiger charge is -2.26. The van der Waals surface area contributed by atoms with E-state index in [-0.39, 0.29) is 17.1 Å². The lowest BCUT2D eigenvalue weighted by molar-refractivity contribution is 0.0716. The Labute approximate surface area is 162 Å². The summed E-state index contributed by atoms with van der Waals surface area (Å²) < 4.78 is 11.1. The molecule has 144 valence electrons. The van der Waals surface area contributed by atoms with Crippen molar-refractivity contribution in [3.8, 4) is 5.75 Å². The van der Waals surface area contributed by atoms with Gasteiger partial charge in [0.05, 0.1) is 24.1 Å². The van der Waals surface area contributed by atoms with Gasteiger partial charge in [0, 0.05) is 31.5 Å². The number of pyridine rings is 1. The second-order valence-electron chi connectivity index (χ2n) is 7.03. The Morgan fingerprint density at radius 2 is 2.07 bits per heavy atom. The highest BCUT2D eigenvalue weighted by Crippen LogP contribution is 2.38. The molecule has 0 bridgehead atoms. The molecule has 28 heavy (non-hydrogen) atoms. The molecule has 0 saturated carbocycles. The monoisotopic (exact) mass is 379 g/mol. The van der Waals surface area contributed by atoms with Gasteiger partial charge < -0.3 is 19.0 Å². The minimum Gasteiger partial charge on any atom is -0.497 e. The number of nitrogens with zero attached hydrogens (tertiary/aromatic N) is 3. The lowest BCUT2D eigenvalue weighted by Crippen LogP contribution is -2.35. The molecule has 1 aromatic carbocycles. The van der Waals surface area contributed by atoms with Crippen LogP contribution in [0, 0.1) is 0 Å². The molecule has 0 N–H and O–H groups in total. The smallest absolute Gasteiger partial charge is 0.290 e. The Hall–Kier alpha value is -3.19. The maximum absolute atomic E-state index is 13.3. The summed E-state index contributed by atoms with van der Waals surface area (Å²) in [6.45, 7) is 1.13. The molecule has 1 aliphatic heterocycles. The summed E-state index contributed by atoms with van der Waals surface area (Å²) in [5.41, 5.74) is 1.30.